The number of ether oxygens (including phenoxy) is 2. The molecule has 1 aliphatic rings. The normalized spacial score (nSPS) is 15.5. The van der Waals surface area contributed by atoms with Gasteiger partial charge >= 0.3 is 0 Å². The third-order valence-electron chi connectivity index (χ3n) is 6.01. The van der Waals surface area contributed by atoms with E-state index < -0.39 is 6.10 Å². The van der Waals surface area contributed by atoms with Crippen LogP contribution in [0.4, 0.5) is 5.69 Å². The van der Waals surface area contributed by atoms with E-state index in [9.17, 15) is 5.11 Å². The van der Waals surface area contributed by atoms with Gasteiger partial charge in [0.05, 0.1) is 25.0 Å². The highest BCUT2D eigenvalue weighted by Crippen LogP contribution is 2.29. The summed E-state index contributed by atoms with van der Waals surface area (Å²) in [5, 5.41) is 10.7. The second-order valence-electron chi connectivity index (χ2n) is 8.38. The van der Waals surface area contributed by atoms with Crippen LogP contribution in [0.2, 0.25) is 0 Å². The fourth-order valence-corrected chi connectivity index (χ4v) is 4.37. The molecule has 0 amide bonds. The zero-order chi connectivity index (χ0) is 22.9. The molecule has 0 saturated carbocycles. The summed E-state index contributed by atoms with van der Waals surface area (Å²) < 4.78 is 12.0. The van der Waals surface area contributed by atoms with Gasteiger partial charge in [0.2, 0.25) is 0 Å². The van der Waals surface area contributed by atoms with Crippen LogP contribution in [0.5, 0.6) is 5.75 Å². The van der Waals surface area contributed by atoms with Gasteiger partial charge in [-0.15, -0.1) is 0 Å². The summed E-state index contributed by atoms with van der Waals surface area (Å²) in [5.74, 6) is 0.940. The van der Waals surface area contributed by atoms with Crippen LogP contribution in [-0.4, -0.2) is 62.0 Å². The summed E-state index contributed by atoms with van der Waals surface area (Å²) in [6.45, 7) is 7.20. The molecule has 0 bridgehead atoms. The second-order valence-corrected chi connectivity index (χ2v) is 8.38. The first-order chi connectivity index (χ1) is 16.2. The molecule has 1 atom stereocenters. The molecule has 33 heavy (non-hydrogen) atoms. The number of benzene rings is 3. The lowest BCUT2D eigenvalue weighted by molar-refractivity contribution is -0.00894. The minimum absolute atomic E-state index is 0.186. The summed E-state index contributed by atoms with van der Waals surface area (Å²) >= 11 is 0. The van der Waals surface area contributed by atoms with Gasteiger partial charge in [0, 0.05) is 32.7 Å². The van der Waals surface area contributed by atoms with Crippen LogP contribution in [0.15, 0.2) is 84.9 Å². The van der Waals surface area contributed by atoms with Gasteiger partial charge in [-0.25, -0.2) is 0 Å². The van der Waals surface area contributed by atoms with Gasteiger partial charge in [0.1, 0.15) is 11.9 Å². The molecule has 5 heteroatoms. The van der Waals surface area contributed by atoms with Crippen molar-refractivity contribution in [1.82, 2.24) is 4.90 Å². The summed E-state index contributed by atoms with van der Waals surface area (Å²) in [4.78, 5) is 4.68. The zero-order valence-corrected chi connectivity index (χ0v) is 19.3. The van der Waals surface area contributed by atoms with E-state index in [2.05, 4.69) is 46.2 Å². The average Bonchev–Trinajstić information content (AvgIpc) is 2.87. The first-order valence-corrected chi connectivity index (χ1v) is 11.8. The molecule has 1 aliphatic heterocycles. The Hall–Kier alpha value is -2.86. The van der Waals surface area contributed by atoms with Crippen LogP contribution >= 0.6 is 0 Å². The molecule has 0 radical (unpaired) electrons. The first kappa shape index (κ1) is 23.3. The Labute approximate surface area is 197 Å². The van der Waals surface area contributed by atoms with Gasteiger partial charge in [-0.05, 0) is 30.2 Å². The Morgan fingerprint density at radius 3 is 1.97 bits per heavy atom. The van der Waals surface area contributed by atoms with E-state index >= 15 is 0 Å². The number of aliphatic hydroxyl groups is 1. The van der Waals surface area contributed by atoms with E-state index in [1.54, 1.807) is 0 Å². The van der Waals surface area contributed by atoms with Crippen molar-refractivity contribution in [1.29, 1.82) is 0 Å². The van der Waals surface area contributed by atoms with Crippen molar-refractivity contribution in [3.8, 4) is 5.75 Å². The van der Waals surface area contributed by atoms with Crippen LogP contribution in [0.3, 0.4) is 0 Å². The van der Waals surface area contributed by atoms with Crippen molar-refractivity contribution in [2.75, 3.05) is 50.8 Å². The smallest absolute Gasteiger partial charge is 0.142 e. The number of hydrogen-bond acceptors (Lipinski definition) is 5. The van der Waals surface area contributed by atoms with Crippen molar-refractivity contribution in [3.05, 3.63) is 96.1 Å². The predicted octanol–water partition coefficient (Wildman–Crippen LogP) is 4.37. The van der Waals surface area contributed by atoms with Crippen LogP contribution in [0.25, 0.3) is 0 Å². The van der Waals surface area contributed by atoms with E-state index in [1.165, 1.54) is 0 Å². The maximum Gasteiger partial charge on any atom is 0.142 e. The fourth-order valence-electron chi connectivity index (χ4n) is 4.37. The highest BCUT2D eigenvalue weighted by molar-refractivity contribution is 5.58. The molecular weight excluding hydrogens is 412 g/mol. The molecular formula is C28H34N2O3. The number of anilines is 1. The van der Waals surface area contributed by atoms with E-state index in [1.807, 2.05) is 55.5 Å². The number of para-hydroxylation sites is 2. The Morgan fingerprint density at radius 2 is 1.36 bits per heavy atom. The highest BCUT2D eigenvalue weighted by atomic mass is 16.5. The lowest BCUT2D eigenvalue weighted by Gasteiger charge is -2.37. The van der Waals surface area contributed by atoms with Crippen LogP contribution < -0.4 is 9.64 Å². The Balaban J connectivity index is 1.30. The number of hydrogen-bond donors (Lipinski definition) is 1. The Bertz CT molecular complexity index is 920. The molecule has 4 rings (SSSR count). The number of nitrogens with zero attached hydrogens (tertiary/aromatic N) is 2. The first-order valence-electron chi connectivity index (χ1n) is 11.8. The standard InChI is InChI=1S/C28H34N2O3/c1-2-32-27-16-10-9-15-26(27)30-19-17-29(18-20-30)21-25(31)22-33-28(23-11-5-3-6-12-23)24-13-7-4-8-14-24/h3-16,25,28,31H,2,17-22H2,1H3/t25-/m1/s1. The Kier molecular flexibility index (Phi) is 8.36. The third kappa shape index (κ3) is 6.35. The van der Waals surface area contributed by atoms with Gasteiger partial charge in [0.15, 0.2) is 0 Å². The largest absolute Gasteiger partial charge is 0.492 e. The van der Waals surface area contributed by atoms with Crippen molar-refractivity contribution >= 4 is 5.69 Å². The molecule has 1 saturated heterocycles. The van der Waals surface area contributed by atoms with E-state index in [4.69, 9.17) is 9.47 Å². The van der Waals surface area contributed by atoms with E-state index in [-0.39, 0.29) is 6.10 Å². The van der Waals surface area contributed by atoms with Gasteiger partial charge in [-0.3, -0.25) is 4.90 Å². The van der Waals surface area contributed by atoms with Crippen LogP contribution in [0, 0.1) is 0 Å². The molecule has 1 N–H and O–H groups in total. The molecule has 3 aromatic carbocycles. The highest BCUT2D eigenvalue weighted by Gasteiger charge is 2.22. The molecule has 174 valence electrons. The maximum atomic E-state index is 10.7. The molecule has 1 fully saturated rings. The van der Waals surface area contributed by atoms with Crippen LogP contribution in [0.1, 0.15) is 24.2 Å². The fraction of sp³-hybridized carbons (Fsp3) is 0.357. The number of aliphatic hydroxyl groups excluding tert-OH is 1. The van der Waals surface area contributed by atoms with Gasteiger partial charge < -0.3 is 19.5 Å². The quantitative estimate of drug-likeness (QED) is 0.501. The topological polar surface area (TPSA) is 45.2 Å². The molecule has 0 spiro atoms. The van der Waals surface area contributed by atoms with E-state index in [0.717, 1.165) is 48.7 Å². The van der Waals surface area contributed by atoms with Crippen molar-refractivity contribution in [3.63, 3.8) is 0 Å². The lowest BCUT2D eigenvalue weighted by Crippen LogP contribution is -2.49. The van der Waals surface area contributed by atoms with Crippen LogP contribution in [-0.2, 0) is 4.74 Å². The molecule has 0 unspecified atom stereocenters. The van der Waals surface area contributed by atoms with Crippen molar-refractivity contribution < 1.29 is 14.6 Å². The summed E-state index contributed by atoms with van der Waals surface area (Å²) in [6, 6.07) is 28.6. The van der Waals surface area contributed by atoms with Gasteiger partial charge in [0.25, 0.3) is 0 Å². The molecule has 0 aromatic heterocycles. The molecule has 3 aromatic rings. The molecule has 0 aliphatic carbocycles. The second kappa shape index (κ2) is 11.8. The average molecular weight is 447 g/mol. The number of piperazine rings is 1. The summed E-state index contributed by atoms with van der Waals surface area (Å²) in [6.07, 6.45) is -0.726. The predicted molar refractivity (Wildman–Crippen MR) is 133 cm³/mol. The summed E-state index contributed by atoms with van der Waals surface area (Å²) in [7, 11) is 0. The van der Waals surface area contributed by atoms with Gasteiger partial charge in [-0.1, -0.05) is 72.8 Å². The maximum absolute atomic E-state index is 10.7. The summed E-state index contributed by atoms with van der Waals surface area (Å²) in [5.41, 5.74) is 3.34. The minimum Gasteiger partial charge on any atom is -0.492 e. The monoisotopic (exact) mass is 446 g/mol. The third-order valence-corrected chi connectivity index (χ3v) is 6.01. The van der Waals surface area contributed by atoms with Crippen molar-refractivity contribution in [2.45, 2.75) is 19.1 Å². The van der Waals surface area contributed by atoms with E-state index in [0.29, 0.717) is 19.8 Å². The SMILES string of the molecule is CCOc1ccccc1N1CCN(C[C@@H](O)COC(c2ccccc2)c2ccccc2)CC1. The number of β-amino-alcohol motifs (C(OH)–C–C–N with tert-alkyl or cyclic N) is 1. The Morgan fingerprint density at radius 1 is 0.788 bits per heavy atom. The van der Waals surface area contributed by atoms with Gasteiger partial charge in [-0.2, -0.15) is 0 Å². The van der Waals surface area contributed by atoms with Crippen molar-refractivity contribution in [2.24, 2.45) is 0 Å². The molecule has 5 nitrogen and oxygen atoms in total. The lowest BCUT2D eigenvalue weighted by atomic mass is 10.0. The molecule has 1 heterocycles. The number of rotatable bonds is 10. The zero-order valence-electron chi connectivity index (χ0n) is 19.3. The minimum atomic E-state index is -0.540.